The summed E-state index contributed by atoms with van der Waals surface area (Å²) in [6.07, 6.45) is 2.39. The molecule has 1 aromatic carbocycles. The number of hydrogen-bond donors (Lipinski definition) is 1. The fourth-order valence-corrected chi connectivity index (χ4v) is 2.98. The summed E-state index contributed by atoms with van der Waals surface area (Å²) >= 11 is 0. The Hall–Kier alpha value is -1.42. The maximum Gasteiger partial charge on any atom is 0.231 e. The normalized spacial score (nSPS) is 26.2. The molecule has 3 rings (SSSR count). The molecule has 20 heavy (non-hydrogen) atoms. The van der Waals surface area contributed by atoms with E-state index in [0.717, 1.165) is 31.1 Å². The van der Waals surface area contributed by atoms with Gasteiger partial charge in [-0.05, 0) is 37.4 Å². The second kappa shape index (κ2) is 5.92. The van der Waals surface area contributed by atoms with Crippen LogP contribution in [0.25, 0.3) is 0 Å². The third kappa shape index (κ3) is 2.85. The Morgan fingerprint density at radius 1 is 1.30 bits per heavy atom. The van der Waals surface area contributed by atoms with Crippen molar-refractivity contribution in [3.63, 3.8) is 0 Å². The Bertz CT molecular complexity index is 464. The highest BCUT2D eigenvalue weighted by Gasteiger charge is 2.20. The monoisotopic (exact) mass is 276 g/mol. The molecule has 1 fully saturated rings. The molecule has 0 saturated carbocycles. The number of anilines is 1. The van der Waals surface area contributed by atoms with E-state index >= 15 is 0 Å². The average Bonchev–Trinajstić information content (AvgIpc) is 2.90. The smallest absolute Gasteiger partial charge is 0.231 e. The van der Waals surface area contributed by atoms with Crippen molar-refractivity contribution < 1.29 is 9.47 Å². The van der Waals surface area contributed by atoms with Gasteiger partial charge in [-0.15, -0.1) is 0 Å². The molecule has 4 heteroatoms. The van der Waals surface area contributed by atoms with E-state index < -0.39 is 0 Å². The van der Waals surface area contributed by atoms with Crippen LogP contribution in [0.2, 0.25) is 0 Å². The fraction of sp³-hybridized carbons (Fsp3) is 0.625. The SMILES string of the molecule is CCC1CCN(c2ccc3c(c2)OCO3)CC(C)CN1. The molecular weight excluding hydrogens is 252 g/mol. The number of ether oxygens (including phenoxy) is 2. The van der Waals surface area contributed by atoms with Gasteiger partial charge in [0.05, 0.1) is 0 Å². The van der Waals surface area contributed by atoms with Crippen LogP contribution in [0.15, 0.2) is 18.2 Å². The number of rotatable bonds is 2. The highest BCUT2D eigenvalue weighted by Crippen LogP contribution is 2.35. The van der Waals surface area contributed by atoms with Gasteiger partial charge in [-0.3, -0.25) is 0 Å². The van der Waals surface area contributed by atoms with Crippen molar-refractivity contribution in [1.29, 1.82) is 0 Å². The Balaban J connectivity index is 1.76. The summed E-state index contributed by atoms with van der Waals surface area (Å²) in [6, 6.07) is 6.92. The van der Waals surface area contributed by atoms with Gasteiger partial charge >= 0.3 is 0 Å². The zero-order valence-corrected chi connectivity index (χ0v) is 12.4. The van der Waals surface area contributed by atoms with E-state index in [9.17, 15) is 0 Å². The lowest BCUT2D eigenvalue weighted by Gasteiger charge is -2.33. The zero-order valence-electron chi connectivity index (χ0n) is 12.4. The number of nitrogens with zero attached hydrogens (tertiary/aromatic N) is 1. The van der Waals surface area contributed by atoms with Crippen LogP contribution in [-0.4, -0.2) is 32.5 Å². The highest BCUT2D eigenvalue weighted by molar-refractivity contribution is 5.57. The number of fused-ring (bicyclic) bond motifs is 1. The van der Waals surface area contributed by atoms with Gasteiger partial charge in [0.2, 0.25) is 6.79 Å². The summed E-state index contributed by atoms with van der Waals surface area (Å²) in [5.74, 6) is 2.39. The van der Waals surface area contributed by atoms with Crippen LogP contribution in [0.5, 0.6) is 11.5 Å². The molecule has 0 aromatic heterocycles. The van der Waals surface area contributed by atoms with Crippen LogP contribution in [-0.2, 0) is 0 Å². The summed E-state index contributed by atoms with van der Waals surface area (Å²) in [7, 11) is 0. The molecule has 0 bridgehead atoms. The van der Waals surface area contributed by atoms with Crippen molar-refractivity contribution in [3.8, 4) is 11.5 Å². The molecule has 2 atom stereocenters. The quantitative estimate of drug-likeness (QED) is 0.900. The summed E-state index contributed by atoms with van der Waals surface area (Å²) in [6.45, 7) is 8.19. The molecule has 0 amide bonds. The molecule has 2 aliphatic heterocycles. The standard InChI is InChI=1S/C16H24N2O2/c1-3-13-6-7-18(10-12(2)9-17-13)14-4-5-15-16(8-14)20-11-19-15/h4-5,8,12-13,17H,3,6-7,9-11H2,1-2H3. The molecule has 2 unspecified atom stereocenters. The Labute approximate surface area is 121 Å². The van der Waals surface area contributed by atoms with Crippen LogP contribution in [0.1, 0.15) is 26.7 Å². The Morgan fingerprint density at radius 2 is 2.15 bits per heavy atom. The van der Waals surface area contributed by atoms with Gasteiger partial charge in [-0.2, -0.15) is 0 Å². The number of nitrogens with one attached hydrogen (secondary N) is 1. The summed E-state index contributed by atoms with van der Waals surface area (Å²) in [5, 5.41) is 3.66. The van der Waals surface area contributed by atoms with Crippen molar-refractivity contribution in [2.75, 3.05) is 31.3 Å². The van der Waals surface area contributed by atoms with E-state index in [1.54, 1.807) is 0 Å². The van der Waals surface area contributed by atoms with Gasteiger partial charge in [0, 0.05) is 30.9 Å². The van der Waals surface area contributed by atoms with Gasteiger partial charge in [0.25, 0.3) is 0 Å². The lowest BCUT2D eigenvalue weighted by molar-refractivity contribution is 0.174. The van der Waals surface area contributed by atoms with E-state index in [0.29, 0.717) is 18.8 Å². The van der Waals surface area contributed by atoms with Crippen LogP contribution < -0.4 is 19.7 Å². The first-order valence-corrected chi connectivity index (χ1v) is 7.64. The zero-order chi connectivity index (χ0) is 13.9. The average molecular weight is 276 g/mol. The molecule has 1 N–H and O–H groups in total. The van der Waals surface area contributed by atoms with Gasteiger partial charge < -0.3 is 19.7 Å². The first-order chi connectivity index (χ1) is 9.76. The van der Waals surface area contributed by atoms with Gasteiger partial charge in [-0.25, -0.2) is 0 Å². The second-order valence-corrected chi connectivity index (χ2v) is 5.89. The molecule has 2 aliphatic rings. The van der Waals surface area contributed by atoms with Crippen LogP contribution >= 0.6 is 0 Å². The molecular formula is C16H24N2O2. The predicted molar refractivity (Wildman–Crippen MR) is 80.6 cm³/mol. The van der Waals surface area contributed by atoms with E-state index in [-0.39, 0.29) is 0 Å². The largest absolute Gasteiger partial charge is 0.454 e. The number of hydrogen-bond acceptors (Lipinski definition) is 4. The molecule has 0 aliphatic carbocycles. The van der Waals surface area contributed by atoms with Crippen molar-refractivity contribution in [3.05, 3.63) is 18.2 Å². The topological polar surface area (TPSA) is 33.7 Å². The van der Waals surface area contributed by atoms with Gasteiger partial charge in [0.15, 0.2) is 11.5 Å². The van der Waals surface area contributed by atoms with E-state index in [4.69, 9.17) is 9.47 Å². The van der Waals surface area contributed by atoms with E-state index in [1.165, 1.54) is 18.5 Å². The van der Waals surface area contributed by atoms with Crippen LogP contribution in [0.3, 0.4) is 0 Å². The van der Waals surface area contributed by atoms with Crippen molar-refractivity contribution >= 4 is 5.69 Å². The molecule has 1 aromatic rings. The maximum atomic E-state index is 5.49. The first kappa shape index (κ1) is 13.6. The lowest BCUT2D eigenvalue weighted by Crippen LogP contribution is -2.43. The van der Waals surface area contributed by atoms with E-state index in [1.807, 2.05) is 6.07 Å². The minimum atomic E-state index is 0.344. The maximum absolute atomic E-state index is 5.49. The second-order valence-electron chi connectivity index (χ2n) is 5.89. The Kier molecular flexibility index (Phi) is 4.01. The van der Waals surface area contributed by atoms with Crippen LogP contribution in [0, 0.1) is 5.92 Å². The minimum absolute atomic E-state index is 0.344. The minimum Gasteiger partial charge on any atom is -0.454 e. The third-order valence-electron chi connectivity index (χ3n) is 4.25. The summed E-state index contributed by atoms with van der Waals surface area (Å²) in [5.41, 5.74) is 1.25. The van der Waals surface area contributed by atoms with Crippen molar-refractivity contribution in [2.24, 2.45) is 5.92 Å². The molecule has 0 radical (unpaired) electrons. The van der Waals surface area contributed by atoms with Crippen molar-refractivity contribution in [1.82, 2.24) is 5.32 Å². The van der Waals surface area contributed by atoms with Gasteiger partial charge in [-0.1, -0.05) is 13.8 Å². The molecule has 1 saturated heterocycles. The summed E-state index contributed by atoms with van der Waals surface area (Å²) < 4.78 is 10.9. The highest BCUT2D eigenvalue weighted by atomic mass is 16.7. The molecule has 0 spiro atoms. The van der Waals surface area contributed by atoms with Crippen LogP contribution in [0.4, 0.5) is 5.69 Å². The molecule has 4 nitrogen and oxygen atoms in total. The number of benzene rings is 1. The van der Waals surface area contributed by atoms with Gasteiger partial charge in [0.1, 0.15) is 0 Å². The van der Waals surface area contributed by atoms with E-state index in [2.05, 4.69) is 36.2 Å². The first-order valence-electron chi connectivity index (χ1n) is 7.64. The molecule has 110 valence electrons. The predicted octanol–water partition coefficient (Wildman–Crippen LogP) is 2.63. The third-order valence-corrected chi connectivity index (χ3v) is 4.25. The Morgan fingerprint density at radius 3 is 3.00 bits per heavy atom. The summed E-state index contributed by atoms with van der Waals surface area (Å²) in [4.78, 5) is 2.48. The molecule has 2 heterocycles. The lowest BCUT2D eigenvalue weighted by atomic mass is 10.0. The fourth-order valence-electron chi connectivity index (χ4n) is 2.98. The van der Waals surface area contributed by atoms with Crippen molar-refractivity contribution in [2.45, 2.75) is 32.7 Å².